The molecule has 2 aromatic rings. The van der Waals surface area contributed by atoms with E-state index < -0.39 is 0 Å². The molecule has 2 rings (SSSR count). The van der Waals surface area contributed by atoms with Crippen LogP contribution in [-0.2, 0) is 27.2 Å². The number of hydrogen-bond acceptors (Lipinski definition) is 7. The summed E-state index contributed by atoms with van der Waals surface area (Å²) in [7, 11) is 0. The van der Waals surface area contributed by atoms with E-state index in [0.717, 1.165) is 18.4 Å². The molecule has 37 heavy (non-hydrogen) atoms. The normalized spacial score (nSPS) is 12.1. The Morgan fingerprint density at radius 2 is 1.27 bits per heavy atom. The molecule has 0 heterocycles. The van der Waals surface area contributed by atoms with Crippen LogP contribution in [0, 0.1) is 17.8 Å². The van der Waals surface area contributed by atoms with E-state index >= 15 is 0 Å². The second-order valence-corrected chi connectivity index (χ2v) is 10.3. The summed E-state index contributed by atoms with van der Waals surface area (Å²) in [5.74, 6) is -0.633. The van der Waals surface area contributed by atoms with E-state index in [9.17, 15) is 14.4 Å². The van der Waals surface area contributed by atoms with Gasteiger partial charge in [0.25, 0.3) is 0 Å². The SMILES string of the molecule is CC(CCc1ccc(OC(=O)C(C)C)cc1)NCCc1cccc(OC(=O)C(C)C)c1OC(=O)C(C)C. The Morgan fingerprint density at radius 3 is 1.86 bits per heavy atom. The minimum absolute atomic E-state index is 0.164. The third kappa shape index (κ3) is 10.00. The molecule has 1 unspecified atom stereocenters. The van der Waals surface area contributed by atoms with Gasteiger partial charge in [-0.1, -0.05) is 65.8 Å². The molecule has 0 bridgehead atoms. The summed E-state index contributed by atoms with van der Waals surface area (Å²) in [5, 5.41) is 3.52. The maximum atomic E-state index is 12.3. The highest BCUT2D eigenvalue weighted by Crippen LogP contribution is 2.33. The lowest BCUT2D eigenvalue weighted by Crippen LogP contribution is -2.28. The standard InChI is InChI=1S/C30H41NO6/c1-19(2)28(32)35-25-15-13-23(14-16-25)12-11-22(7)31-18-17-24-9-8-10-26(36-29(33)20(3)4)27(24)37-30(34)21(5)6/h8-10,13-16,19-22,31H,11-12,17-18H2,1-7H3. The predicted octanol–water partition coefficient (Wildman–Crippen LogP) is 5.52. The van der Waals surface area contributed by atoms with Gasteiger partial charge in [0.2, 0.25) is 0 Å². The quantitative estimate of drug-likeness (QED) is 0.279. The monoisotopic (exact) mass is 511 g/mol. The number of hydrogen-bond donors (Lipinski definition) is 1. The zero-order valence-electron chi connectivity index (χ0n) is 23.1. The Hall–Kier alpha value is -3.19. The van der Waals surface area contributed by atoms with Gasteiger partial charge in [0, 0.05) is 11.6 Å². The number of nitrogens with one attached hydrogen (secondary N) is 1. The molecular formula is C30H41NO6. The number of rotatable bonds is 13. The predicted molar refractivity (Wildman–Crippen MR) is 144 cm³/mol. The lowest BCUT2D eigenvalue weighted by atomic mass is 10.1. The molecule has 2 aromatic carbocycles. The van der Waals surface area contributed by atoms with Gasteiger partial charge in [0.15, 0.2) is 11.5 Å². The maximum absolute atomic E-state index is 12.3. The van der Waals surface area contributed by atoms with Crippen molar-refractivity contribution in [3.8, 4) is 17.2 Å². The molecule has 7 nitrogen and oxygen atoms in total. The number of carbonyl (C=O) groups is 3. The van der Waals surface area contributed by atoms with Crippen LogP contribution in [0.4, 0.5) is 0 Å². The van der Waals surface area contributed by atoms with E-state index in [1.54, 1.807) is 39.8 Å². The molecule has 0 saturated heterocycles. The first-order valence-corrected chi connectivity index (χ1v) is 13.1. The van der Waals surface area contributed by atoms with Crippen molar-refractivity contribution in [1.82, 2.24) is 5.32 Å². The fraction of sp³-hybridized carbons (Fsp3) is 0.500. The average molecular weight is 512 g/mol. The summed E-state index contributed by atoms with van der Waals surface area (Å²) in [6.45, 7) is 13.4. The lowest BCUT2D eigenvalue weighted by Gasteiger charge is -2.18. The molecule has 0 saturated carbocycles. The summed E-state index contributed by atoms with van der Waals surface area (Å²) in [6.07, 6.45) is 2.41. The average Bonchev–Trinajstić information content (AvgIpc) is 2.84. The molecule has 0 spiro atoms. The number of para-hydroxylation sites is 1. The number of benzene rings is 2. The largest absolute Gasteiger partial charge is 0.426 e. The van der Waals surface area contributed by atoms with Gasteiger partial charge in [-0.15, -0.1) is 0 Å². The Labute approximate surface area is 220 Å². The van der Waals surface area contributed by atoms with E-state index in [-0.39, 0.29) is 47.5 Å². The first kappa shape index (κ1) is 30.0. The second-order valence-electron chi connectivity index (χ2n) is 10.3. The van der Waals surface area contributed by atoms with Gasteiger partial charge in [0.05, 0.1) is 17.8 Å². The third-order valence-electron chi connectivity index (χ3n) is 5.78. The van der Waals surface area contributed by atoms with Gasteiger partial charge in [-0.25, -0.2) is 0 Å². The Bertz CT molecular complexity index is 1040. The van der Waals surface area contributed by atoms with Gasteiger partial charge < -0.3 is 19.5 Å². The zero-order valence-corrected chi connectivity index (χ0v) is 23.1. The molecule has 202 valence electrons. The van der Waals surface area contributed by atoms with Crippen LogP contribution < -0.4 is 19.5 Å². The zero-order chi connectivity index (χ0) is 27.5. The van der Waals surface area contributed by atoms with Crippen LogP contribution in [-0.4, -0.2) is 30.5 Å². The van der Waals surface area contributed by atoms with Crippen LogP contribution in [0.3, 0.4) is 0 Å². The molecular weight excluding hydrogens is 470 g/mol. The van der Waals surface area contributed by atoms with Gasteiger partial charge in [0.1, 0.15) is 5.75 Å². The maximum Gasteiger partial charge on any atom is 0.313 e. The van der Waals surface area contributed by atoms with Gasteiger partial charge in [-0.2, -0.15) is 0 Å². The Balaban J connectivity index is 1.94. The van der Waals surface area contributed by atoms with Crippen molar-refractivity contribution < 1.29 is 28.6 Å². The Kier molecular flexibility index (Phi) is 11.8. The summed E-state index contributed by atoms with van der Waals surface area (Å²) in [6, 6.07) is 13.2. The highest BCUT2D eigenvalue weighted by molar-refractivity contribution is 5.78. The topological polar surface area (TPSA) is 90.9 Å². The van der Waals surface area contributed by atoms with Crippen molar-refractivity contribution in [2.45, 2.75) is 73.8 Å². The molecule has 0 amide bonds. The summed E-state index contributed by atoms with van der Waals surface area (Å²) < 4.78 is 16.5. The van der Waals surface area contributed by atoms with Gasteiger partial charge >= 0.3 is 17.9 Å². The molecule has 0 radical (unpaired) electrons. The van der Waals surface area contributed by atoms with E-state index in [1.807, 2.05) is 44.2 Å². The van der Waals surface area contributed by atoms with Crippen molar-refractivity contribution >= 4 is 17.9 Å². The number of carbonyl (C=O) groups excluding carboxylic acids is 3. The first-order valence-electron chi connectivity index (χ1n) is 13.1. The van der Waals surface area contributed by atoms with Gasteiger partial charge in [-0.3, -0.25) is 14.4 Å². The number of aryl methyl sites for hydroxylation is 1. The van der Waals surface area contributed by atoms with Crippen molar-refractivity contribution in [2.24, 2.45) is 17.8 Å². The highest BCUT2D eigenvalue weighted by Gasteiger charge is 2.20. The molecule has 0 aliphatic carbocycles. The molecule has 0 aliphatic heterocycles. The molecule has 0 fully saturated rings. The fourth-order valence-corrected chi connectivity index (χ4v) is 3.30. The lowest BCUT2D eigenvalue weighted by molar-refractivity contribution is -0.140. The van der Waals surface area contributed by atoms with Crippen molar-refractivity contribution in [3.63, 3.8) is 0 Å². The van der Waals surface area contributed by atoms with Crippen LogP contribution in [0.1, 0.15) is 66.0 Å². The molecule has 0 aromatic heterocycles. The van der Waals surface area contributed by atoms with Crippen molar-refractivity contribution in [2.75, 3.05) is 6.54 Å². The fourth-order valence-electron chi connectivity index (χ4n) is 3.30. The van der Waals surface area contributed by atoms with E-state index in [0.29, 0.717) is 24.5 Å². The summed E-state index contributed by atoms with van der Waals surface area (Å²) in [4.78, 5) is 36.3. The van der Waals surface area contributed by atoms with E-state index in [2.05, 4.69) is 12.2 Å². The van der Waals surface area contributed by atoms with Gasteiger partial charge in [-0.05, 0) is 56.5 Å². The number of esters is 3. The molecule has 1 N–H and O–H groups in total. The smallest absolute Gasteiger partial charge is 0.313 e. The van der Waals surface area contributed by atoms with Crippen LogP contribution >= 0.6 is 0 Å². The first-order chi connectivity index (χ1) is 17.5. The van der Waals surface area contributed by atoms with E-state index in [4.69, 9.17) is 14.2 Å². The van der Waals surface area contributed by atoms with Crippen LogP contribution in [0.5, 0.6) is 17.2 Å². The summed E-state index contributed by atoms with van der Waals surface area (Å²) in [5.41, 5.74) is 1.97. The van der Waals surface area contributed by atoms with Crippen LogP contribution in [0.2, 0.25) is 0 Å². The summed E-state index contributed by atoms with van der Waals surface area (Å²) >= 11 is 0. The highest BCUT2D eigenvalue weighted by atomic mass is 16.6. The van der Waals surface area contributed by atoms with E-state index in [1.165, 1.54) is 5.56 Å². The Morgan fingerprint density at radius 1 is 0.703 bits per heavy atom. The van der Waals surface area contributed by atoms with Crippen molar-refractivity contribution in [3.05, 3.63) is 53.6 Å². The van der Waals surface area contributed by atoms with Crippen LogP contribution in [0.25, 0.3) is 0 Å². The molecule has 7 heteroatoms. The third-order valence-corrected chi connectivity index (χ3v) is 5.78. The second kappa shape index (κ2) is 14.5. The molecule has 1 atom stereocenters. The van der Waals surface area contributed by atoms with Crippen LogP contribution in [0.15, 0.2) is 42.5 Å². The molecule has 0 aliphatic rings. The number of ether oxygens (including phenoxy) is 3. The van der Waals surface area contributed by atoms with Crippen molar-refractivity contribution in [1.29, 1.82) is 0 Å². The minimum Gasteiger partial charge on any atom is -0.426 e. The minimum atomic E-state index is -0.378.